The number of amides is 1. The van der Waals surface area contributed by atoms with E-state index in [4.69, 9.17) is 0 Å². The minimum absolute atomic E-state index is 0.350. The van der Waals surface area contributed by atoms with Crippen molar-refractivity contribution in [2.45, 2.75) is 18.8 Å². The summed E-state index contributed by atoms with van der Waals surface area (Å²) in [6, 6.07) is 20.4. The summed E-state index contributed by atoms with van der Waals surface area (Å²) < 4.78 is 40.4. The highest BCUT2D eigenvalue weighted by molar-refractivity contribution is 7.92. The maximum Gasteiger partial charge on any atom is 0.291 e. The van der Waals surface area contributed by atoms with E-state index in [2.05, 4.69) is 5.10 Å². The molecule has 8 heteroatoms. The topological polar surface area (TPSA) is 72.3 Å². The lowest BCUT2D eigenvalue weighted by molar-refractivity contribution is 0.0978. The number of hydrogen-bond donors (Lipinski definition) is 0. The fourth-order valence-electron chi connectivity index (χ4n) is 3.85. The summed E-state index contributed by atoms with van der Waals surface area (Å²) in [7, 11) is -4.14. The lowest BCUT2D eigenvalue weighted by Gasteiger charge is -2.21. The van der Waals surface area contributed by atoms with E-state index in [0.29, 0.717) is 21.5 Å². The highest BCUT2D eigenvalue weighted by atomic mass is 32.2. The molecule has 0 radical (unpaired) electrons. The van der Waals surface area contributed by atoms with Gasteiger partial charge in [0, 0.05) is 10.9 Å². The third-order valence-corrected chi connectivity index (χ3v) is 6.49. The quantitative estimate of drug-likeness (QED) is 0.451. The standard InChI is InChI=1S/C24H20FN3O3S/c1-32(30,31)28(24(29)19-9-5-6-10-21(19)25)27-22-14-13-18(16-11-12-16)15-20(22)23(26-27)17-7-3-2-4-8-17/h2-10,13-16H,11-12H2,1H3. The molecule has 1 saturated carbocycles. The molecule has 1 heterocycles. The van der Waals surface area contributed by atoms with Crippen molar-refractivity contribution in [3.8, 4) is 11.3 Å². The summed E-state index contributed by atoms with van der Waals surface area (Å²) >= 11 is 0. The van der Waals surface area contributed by atoms with Crippen molar-refractivity contribution in [3.63, 3.8) is 0 Å². The van der Waals surface area contributed by atoms with Gasteiger partial charge in [-0.2, -0.15) is 4.79 Å². The number of nitrogens with zero attached hydrogens (tertiary/aromatic N) is 3. The van der Waals surface area contributed by atoms with Crippen LogP contribution in [0.15, 0.2) is 72.8 Å². The Morgan fingerprint density at radius 1 is 1.03 bits per heavy atom. The first-order valence-electron chi connectivity index (χ1n) is 10.2. The van der Waals surface area contributed by atoms with Gasteiger partial charge in [-0.3, -0.25) is 4.79 Å². The van der Waals surface area contributed by atoms with Crippen LogP contribution in [0.5, 0.6) is 0 Å². The Kier molecular flexibility index (Phi) is 4.82. The number of carbonyl (C=O) groups excluding carboxylic acids is 1. The van der Waals surface area contributed by atoms with Gasteiger partial charge in [0.05, 0.1) is 17.3 Å². The summed E-state index contributed by atoms with van der Waals surface area (Å²) in [6.07, 6.45) is 3.13. The molecule has 32 heavy (non-hydrogen) atoms. The Labute approximate surface area is 184 Å². The van der Waals surface area contributed by atoms with E-state index in [9.17, 15) is 17.6 Å². The van der Waals surface area contributed by atoms with Gasteiger partial charge in [0.25, 0.3) is 15.9 Å². The van der Waals surface area contributed by atoms with Crippen molar-refractivity contribution >= 4 is 26.8 Å². The molecule has 1 aliphatic rings. The average Bonchev–Trinajstić information content (AvgIpc) is 3.56. The highest BCUT2D eigenvalue weighted by Gasteiger charge is 2.32. The molecule has 0 spiro atoms. The number of hydrogen-bond acceptors (Lipinski definition) is 4. The van der Waals surface area contributed by atoms with Gasteiger partial charge in [-0.15, -0.1) is 9.51 Å². The Morgan fingerprint density at radius 3 is 2.38 bits per heavy atom. The number of sulfonamides is 1. The lowest BCUT2D eigenvalue weighted by atomic mass is 10.0. The maximum absolute atomic E-state index is 14.4. The summed E-state index contributed by atoms with van der Waals surface area (Å²) in [5.74, 6) is -1.33. The summed E-state index contributed by atoms with van der Waals surface area (Å²) in [5.41, 5.74) is 2.59. The van der Waals surface area contributed by atoms with Gasteiger partial charge in [0.1, 0.15) is 11.5 Å². The van der Waals surface area contributed by atoms with E-state index in [1.54, 1.807) is 6.07 Å². The molecule has 1 aliphatic carbocycles. The molecular weight excluding hydrogens is 429 g/mol. The van der Waals surface area contributed by atoms with Gasteiger partial charge in [-0.05, 0) is 48.6 Å². The molecule has 1 amide bonds. The number of rotatable bonds is 5. The van der Waals surface area contributed by atoms with Crippen LogP contribution in [0, 0.1) is 5.82 Å². The summed E-state index contributed by atoms with van der Waals surface area (Å²) in [5, 5.41) is 5.28. The van der Waals surface area contributed by atoms with Crippen molar-refractivity contribution in [2.75, 3.05) is 10.7 Å². The van der Waals surface area contributed by atoms with Crippen molar-refractivity contribution in [1.82, 2.24) is 9.89 Å². The van der Waals surface area contributed by atoms with Gasteiger partial charge in [0.2, 0.25) is 0 Å². The molecule has 0 atom stereocenters. The third kappa shape index (κ3) is 3.56. The normalized spacial score (nSPS) is 13.9. The van der Waals surface area contributed by atoms with Gasteiger partial charge in [0.15, 0.2) is 0 Å². The van der Waals surface area contributed by atoms with Crippen LogP contribution < -0.4 is 4.41 Å². The smallest absolute Gasteiger partial charge is 0.266 e. The first kappa shape index (κ1) is 20.4. The van der Waals surface area contributed by atoms with E-state index in [1.807, 2.05) is 42.5 Å². The van der Waals surface area contributed by atoms with Crippen molar-refractivity contribution < 1.29 is 17.6 Å². The lowest BCUT2D eigenvalue weighted by Crippen LogP contribution is -2.45. The van der Waals surface area contributed by atoms with Crippen LogP contribution in [0.2, 0.25) is 0 Å². The number of halogens is 1. The van der Waals surface area contributed by atoms with Crippen LogP contribution in [-0.2, 0) is 10.0 Å². The largest absolute Gasteiger partial charge is 0.291 e. The van der Waals surface area contributed by atoms with E-state index in [0.717, 1.165) is 46.5 Å². The van der Waals surface area contributed by atoms with Crippen LogP contribution in [0.3, 0.4) is 0 Å². The molecule has 3 aromatic carbocycles. The molecule has 4 aromatic rings. The molecule has 1 fully saturated rings. The SMILES string of the molecule is CS(=O)(=O)N(C(=O)c1ccccc1F)n1nc(-c2ccccc2)c2cc(C3CC3)ccc21. The Morgan fingerprint density at radius 2 is 1.72 bits per heavy atom. The summed E-state index contributed by atoms with van der Waals surface area (Å²) in [6.45, 7) is 0. The molecule has 0 bridgehead atoms. The third-order valence-electron chi connectivity index (χ3n) is 5.55. The van der Waals surface area contributed by atoms with Gasteiger partial charge in [-0.1, -0.05) is 48.5 Å². The molecule has 0 saturated heterocycles. The van der Waals surface area contributed by atoms with Crippen LogP contribution in [-0.4, -0.2) is 30.5 Å². The fraction of sp³-hybridized carbons (Fsp3) is 0.167. The van der Waals surface area contributed by atoms with Gasteiger partial charge in [-0.25, -0.2) is 12.8 Å². The number of benzene rings is 3. The molecule has 5 rings (SSSR count). The maximum atomic E-state index is 14.4. The van der Waals surface area contributed by atoms with Crippen LogP contribution in [0.1, 0.15) is 34.7 Å². The molecule has 0 N–H and O–H groups in total. The number of aromatic nitrogens is 2. The van der Waals surface area contributed by atoms with Gasteiger partial charge >= 0.3 is 0 Å². The Bertz CT molecular complexity index is 1440. The second-order valence-corrected chi connectivity index (χ2v) is 9.76. The first-order chi connectivity index (χ1) is 15.3. The second-order valence-electron chi connectivity index (χ2n) is 7.95. The van der Waals surface area contributed by atoms with E-state index in [-0.39, 0.29) is 5.56 Å². The second kappa shape index (κ2) is 7.56. The molecule has 1 aromatic heterocycles. The zero-order valence-corrected chi connectivity index (χ0v) is 18.1. The van der Waals surface area contributed by atoms with Crippen molar-refractivity contribution in [2.24, 2.45) is 0 Å². The average molecular weight is 450 g/mol. The number of fused-ring (bicyclic) bond motifs is 1. The molecule has 162 valence electrons. The molecule has 6 nitrogen and oxygen atoms in total. The predicted octanol–water partition coefficient (Wildman–Crippen LogP) is 4.46. The minimum atomic E-state index is -4.14. The highest BCUT2D eigenvalue weighted by Crippen LogP contribution is 2.42. The van der Waals surface area contributed by atoms with Crippen LogP contribution >= 0.6 is 0 Å². The van der Waals surface area contributed by atoms with Crippen LogP contribution in [0.25, 0.3) is 22.2 Å². The van der Waals surface area contributed by atoms with Crippen LogP contribution in [0.4, 0.5) is 4.39 Å². The Balaban J connectivity index is 1.76. The molecular formula is C24H20FN3O3S. The van der Waals surface area contributed by atoms with E-state index >= 15 is 0 Å². The predicted molar refractivity (Wildman–Crippen MR) is 121 cm³/mol. The monoisotopic (exact) mass is 449 g/mol. The minimum Gasteiger partial charge on any atom is -0.266 e. The van der Waals surface area contributed by atoms with E-state index in [1.165, 1.54) is 18.2 Å². The zero-order chi connectivity index (χ0) is 22.5. The van der Waals surface area contributed by atoms with Gasteiger partial charge < -0.3 is 0 Å². The Hall–Kier alpha value is -3.52. The first-order valence-corrected chi connectivity index (χ1v) is 12.1. The number of carbonyl (C=O) groups is 1. The van der Waals surface area contributed by atoms with Crippen molar-refractivity contribution in [1.29, 1.82) is 0 Å². The zero-order valence-electron chi connectivity index (χ0n) is 17.3. The van der Waals surface area contributed by atoms with E-state index < -0.39 is 21.7 Å². The summed E-state index contributed by atoms with van der Waals surface area (Å²) in [4.78, 5) is 14.3. The van der Waals surface area contributed by atoms with Crippen molar-refractivity contribution in [3.05, 3.63) is 89.7 Å². The fourth-order valence-corrected chi connectivity index (χ4v) is 4.66. The molecule has 0 unspecified atom stereocenters. The molecule has 0 aliphatic heterocycles.